The Morgan fingerprint density at radius 3 is 2.26 bits per heavy atom. The number of ether oxygens (including phenoxy) is 1. The fraction of sp³-hybridized carbons (Fsp3) is 0.152. The Hall–Kier alpha value is -5.31. The van der Waals surface area contributed by atoms with Gasteiger partial charge in [-0.05, 0) is 55.0 Å². The van der Waals surface area contributed by atoms with Crippen LogP contribution in [0.2, 0.25) is 0 Å². The van der Waals surface area contributed by atoms with Crippen molar-refractivity contribution in [2.24, 2.45) is 0 Å². The third-order valence-corrected chi connectivity index (χ3v) is 7.10. The van der Waals surface area contributed by atoms with Crippen molar-refractivity contribution in [1.29, 1.82) is 0 Å². The Labute approximate surface area is 242 Å². The number of nitrogens with zero attached hydrogens (tertiary/aromatic N) is 2. The molecule has 1 aliphatic rings. The van der Waals surface area contributed by atoms with Crippen LogP contribution in [-0.2, 0) is 20.9 Å². The minimum atomic E-state index is -1.21. The Balaban J connectivity index is 1.55. The number of benzene rings is 4. The fourth-order valence-electron chi connectivity index (χ4n) is 4.87. The van der Waals surface area contributed by atoms with Gasteiger partial charge in [0.25, 0.3) is 17.6 Å². The number of anilines is 2. The highest BCUT2D eigenvalue weighted by atomic mass is 19.1. The molecule has 5 rings (SSSR count). The van der Waals surface area contributed by atoms with E-state index in [0.29, 0.717) is 22.7 Å². The van der Waals surface area contributed by atoms with Gasteiger partial charge in [0.1, 0.15) is 24.2 Å². The van der Waals surface area contributed by atoms with Crippen LogP contribution >= 0.6 is 0 Å². The molecule has 1 aliphatic heterocycles. The monoisotopic (exact) mass is 565 g/mol. The maximum absolute atomic E-state index is 14.9. The quantitative estimate of drug-likeness (QED) is 0.286. The van der Waals surface area contributed by atoms with Crippen molar-refractivity contribution in [2.75, 3.05) is 23.9 Å². The van der Waals surface area contributed by atoms with Crippen LogP contribution in [0.1, 0.15) is 33.1 Å². The molecule has 1 heterocycles. The highest BCUT2D eigenvalue weighted by Gasteiger charge is 2.39. The summed E-state index contributed by atoms with van der Waals surface area (Å²) in [6.07, 6.45) is 0. The molecule has 0 spiro atoms. The van der Waals surface area contributed by atoms with E-state index in [-0.39, 0.29) is 17.7 Å². The third kappa shape index (κ3) is 5.76. The molecule has 4 aromatic carbocycles. The molecule has 4 aromatic rings. The molecule has 9 heteroatoms. The van der Waals surface area contributed by atoms with Crippen molar-refractivity contribution >= 4 is 34.9 Å². The van der Waals surface area contributed by atoms with Crippen LogP contribution in [0, 0.1) is 12.7 Å². The van der Waals surface area contributed by atoms with Gasteiger partial charge in [0, 0.05) is 17.8 Å². The summed E-state index contributed by atoms with van der Waals surface area (Å²) in [7, 11) is 1.53. The standard InChI is InChI=1S/C33H28FN3O5/c1-21-11-13-22(14-12-21)30(32(40)35-24-15-17-25(42-2)18-16-24)37(19-23-7-3-5-9-27(23)34)29(38)20-36-28-10-6-4-8-26(28)31(39)33(36)41/h3-18,30H,19-20H2,1-2H3,(H,35,40). The van der Waals surface area contributed by atoms with E-state index >= 15 is 0 Å². The molecular weight excluding hydrogens is 537 g/mol. The van der Waals surface area contributed by atoms with Crippen molar-refractivity contribution in [3.8, 4) is 5.75 Å². The van der Waals surface area contributed by atoms with Crippen molar-refractivity contribution in [3.63, 3.8) is 0 Å². The minimum Gasteiger partial charge on any atom is -0.497 e. The Bertz CT molecular complexity index is 1650. The average molecular weight is 566 g/mol. The van der Waals surface area contributed by atoms with Gasteiger partial charge < -0.3 is 15.0 Å². The third-order valence-electron chi connectivity index (χ3n) is 7.10. The number of fused-ring (bicyclic) bond motifs is 1. The predicted molar refractivity (Wildman–Crippen MR) is 156 cm³/mol. The maximum atomic E-state index is 14.9. The first kappa shape index (κ1) is 28.2. The van der Waals surface area contributed by atoms with Crippen LogP contribution in [0.25, 0.3) is 0 Å². The number of nitrogens with one attached hydrogen (secondary N) is 1. The number of amides is 3. The normalized spacial score (nSPS) is 13.0. The topological polar surface area (TPSA) is 96.0 Å². The summed E-state index contributed by atoms with van der Waals surface area (Å²) in [4.78, 5) is 55.9. The molecule has 42 heavy (non-hydrogen) atoms. The summed E-state index contributed by atoms with van der Waals surface area (Å²) in [5.74, 6) is -2.70. The molecule has 0 saturated heterocycles. The Morgan fingerprint density at radius 2 is 1.57 bits per heavy atom. The molecule has 0 aromatic heterocycles. The van der Waals surface area contributed by atoms with Gasteiger partial charge in [0.15, 0.2) is 0 Å². The van der Waals surface area contributed by atoms with Crippen LogP contribution in [0.4, 0.5) is 15.8 Å². The summed E-state index contributed by atoms with van der Waals surface area (Å²) in [6, 6.07) is 25.0. The highest BCUT2D eigenvalue weighted by molar-refractivity contribution is 6.52. The Morgan fingerprint density at radius 1 is 0.905 bits per heavy atom. The van der Waals surface area contributed by atoms with Crippen LogP contribution in [0.5, 0.6) is 5.75 Å². The number of carbonyl (C=O) groups excluding carboxylic acids is 4. The van der Waals surface area contributed by atoms with Gasteiger partial charge >= 0.3 is 0 Å². The molecule has 3 amide bonds. The number of Topliss-reactive ketones (excluding diaryl/α,β-unsaturated/α-hetero) is 1. The zero-order valence-corrected chi connectivity index (χ0v) is 23.0. The van der Waals surface area contributed by atoms with Gasteiger partial charge in [-0.2, -0.15) is 0 Å². The average Bonchev–Trinajstić information content (AvgIpc) is 3.24. The molecule has 1 unspecified atom stereocenters. The van der Waals surface area contributed by atoms with Crippen molar-refractivity contribution in [3.05, 3.63) is 125 Å². The van der Waals surface area contributed by atoms with Gasteiger partial charge in [0.2, 0.25) is 5.91 Å². The number of rotatable bonds is 9. The molecule has 0 saturated carbocycles. The smallest absolute Gasteiger partial charge is 0.299 e. The summed E-state index contributed by atoms with van der Waals surface area (Å²) < 4.78 is 20.1. The van der Waals surface area contributed by atoms with Crippen LogP contribution in [-0.4, -0.2) is 42.1 Å². The minimum absolute atomic E-state index is 0.185. The number of hydrogen-bond acceptors (Lipinski definition) is 5. The lowest BCUT2D eigenvalue weighted by atomic mass is 10.0. The van der Waals surface area contributed by atoms with E-state index in [4.69, 9.17) is 4.74 Å². The molecule has 8 nitrogen and oxygen atoms in total. The summed E-state index contributed by atoms with van der Waals surface area (Å²) in [6.45, 7) is 1.11. The van der Waals surface area contributed by atoms with E-state index < -0.39 is 41.9 Å². The SMILES string of the molecule is COc1ccc(NC(=O)C(c2ccc(C)cc2)N(Cc2ccccc2F)C(=O)CN2C(=O)C(=O)c3ccccc32)cc1. The number of aryl methyl sites for hydroxylation is 1. The van der Waals surface area contributed by atoms with Crippen molar-refractivity contribution < 1.29 is 28.3 Å². The van der Waals surface area contributed by atoms with E-state index in [1.165, 1.54) is 36.3 Å². The second-order valence-corrected chi connectivity index (χ2v) is 9.88. The highest BCUT2D eigenvalue weighted by Crippen LogP contribution is 2.31. The van der Waals surface area contributed by atoms with Gasteiger partial charge in [-0.1, -0.05) is 60.2 Å². The van der Waals surface area contributed by atoms with Gasteiger partial charge in [-0.15, -0.1) is 0 Å². The summed E-state index contributed by atoms with van der Waals surface area (Å²) >= 11 is 0. The molecule has 1 atom stereocenters. The van der Waals surface area contributed by atoms with Crippen LogP contribution < -0.4 is 15.0 Å². The van der Waals surface area contributed by atoms with Crippen molar-refractivity contribution in [1.82, 2.24) is 4.90 Å². The number of carbonyl (C=O) groups is 4. The molecule has 0 radical (unpaired) electrons. The van der Waals surface area contributed by atoms with Crippen LogP contribution in [0.15, 0.2) is 97.1 Å². The van der Waals surface area contributed by atoms with Crippen LogP contribution in [0.3, 0.4) is 0 Å². The second-order valence-electron chi connectivity index (χ2n) is 9.88. The summed E-state index contributed by atoms with van der Waals surface area (Å²) in [5, 5.41) is 2.85. The van der Waals surface area contributed by atoms with E-state index in [1.54, 1.807) is 60.7 Å². The number of methoxy groups -OCH3 is 1. The van der Waals surface area contributed by atoms with Crippen molar-refractivity contribution in [2.45, 2.75) is 19.5 Å². The van der Waals surface area contributed by atoms with E-state index in [9.17, 15) is 23.6 Å². The first-order chi connectivity index (χ1) is 20.3. The van der Waals surface area contributed by atoms with E-state index in [2.05, 4.69) is 5.32 Å². The number of para-hydroxylation sites is 1. The zero-order valence-electron chi connectivity index (χ0n) is 23.0. The lowest BCUT2D eigenvalue weighted by Crippen LogP contribution is -2.46. The second kappa shape index (κ2) is 12.1. The molecular formula is C33H28FN3O5. The molecule has 0 aliphatic carbocycles. The number of hydrogen-bond donors (Lipinski definition) is 1. The number of halogens is 1. The number of ketones is 1. The maximum Gasteiger partial charge on any atom is 0.299 e. The zero-order chi connectivity index (χ0) is 29.8. The van der Waals surface area contributed by atoms with Gasteiger partial charge in [0.05, 0.1) is 18.4 Å². The van der Waals surface area contributed by atoms with Gasteiger partial charge in [-0.3, -0.25) is 24.1 Å². The largest absolute Gasteiger partial charge is 0.497 e. The molecule has 1 N–H and O–H groups in total. The van der Waals surface area contributed by atoms with Gasteiger partial charge in [-0.25, -0.2) is 4.39 Å². The lowest BCUT2D eigenvalue weighted by molar-refractivity contribution is -0.139. The lowest BCUT2D eigenvalue weighted by Gasteiger charge is -2.33. The van der Waals surface area contributed by atoms with E-state index in [1.807, 2.05) is 19.1 Å². The first-order valence-electron chi connectivity index (χ1n) is 13.3. The molecule has 0 bridgehead atoms. The Kier molecular flexibility index (Phi) is 8.10. The molecule has 212 valence electrons. The fourth-order valence-corrected chi connectivity index (χ4v) is 4.87. The summed E-state index contributed by atoms with van der Waals surface area (Å²) in [5.41, 5.74) is 2.58. The van der Waals surface area contributed by atoms with E-state index in [0.717, 1.165) is 10.5 Å². The first-order valence-corrected chi connectivity index (χ1v) is 13.3. The molecule has 0 fully saturated rings. The predicted octanol–water partition coefficient (Wildman–Crippen LogP) is 5.08.